The fourth-order valence-corrected chi connectivity index (χ4v) is 6.65. The van der Waals surface area contributed by atoms with Crippen LogP contribution in [0.5, 0.6) is 0 Å². The number of nitrogens with zero attached hydrogens (tertiary/aromatic N) is 2. The van der Waals surface area contributed by atoms with Gasteiger partial charge < -0.3 is 0 Å². The van der Waals surface area contributed by atoms with Crippen LogP contribution in [-0.4, -0.2) is 42.2 Å². The summed E-state index contributed by atoms with van der Waals surface area (Å²) < 4.78 is 24.7. The summed E-state index contributed by atoms with van der Waals surface area (Å²) in [5.74, 6) is 1.13. The van der Waals surface area contributed by atoms with E-state index in [0.717, 1.165) is 36.0 Å². The zero-order valence-corrected chi connectivity index (χ0v) is 18.8. The Kier molecular flexibility index (Phi) is 6.71. The van der Waals surface area contributed by atoms with Gasteiger partial charge in [-0.2, -0.15) is 0 Å². The van der Waals surface area contributed by atoms with E-state index in [2.05, 4.69) is 33.7 Å². The van der Waals surface area contributed by atoms with E-state index in [-0.39, 0.29) is 12.1 Å². The Hall–Kier alpha value is -1.56. The molecule has 4 unspecified atom stereocenters. The third-order valence-electron chi connectivity index (χ3n) is 6.45. The second kappa shape index (κ2) is 9.29. The maximum Gasteiger partial charge on any atom is 0.406 e. The summed E-state index contributed by atoms with van der Waals surface area (Å²) in [4.78, 5) is 7.04. The molecule has 0 radical (unpaired) electrons. The predicted molar refractivity (Wildman–Crippen MR) is 120 cm³/mol. The quantitative estimate of drug-likeness (QED) is 0.450. The van der Waals surface area contributed by atoms with Gasteiger partial charge in [0, 0.05) is 24.2 Å². The van der Waals surface area contributed by atoms with Crippen molar-refractivity contribution in [3.63, 3.8) is 0 Å². The summed E-state index contributed by atoms with van der Waals surface area (Å²) in [6.07, 6.45) is 6.15. The van der Waals surface area contributed by atoms with Crippen molar-refractivity contribution < 1.29 is 13.6 Å². The Morgan fingerprint density at radius 3 is 2.73 bits per heavy atom. The highest BCUT2D eigenvalue weighted by Crippen LogP contribution is 2.50. The number of hydrogen-bond acceptors (Lipinski definition) is 5. The summed E-state index contributed by atoms with van der Waals surface area (Å²) >= 11 is 0. The van der Waals surface area contributed by atoms with E-state index >= 15 is 0 Å². The molecule has 0 saturated carbocycles. The highest BCUT2D eigenvalue weighted by atomic mass is 31.2. The summed E-state index contributed by atoms with van der Waals surface area (Å²) in [7, 11) is -3.45. The van der Waals surface area contributed by atoms with Crippen LogP contribution in [0.3, 0.4) is 0 Å². The molecule has 3 aliphatic heterocycles. The third kappa shape index (κ3) is 4.25. The molecule has 4 heterocycles. The molecule has 2 aromatic rings. The van der Waals surface area contributed by atoms with Gasteiger partial charge in [-0.15, -0.1) is 6.58 Å². The molecular formula is C23H32N3O3P. The number of rotatable bonds is 9. The van der Waals surface area contributed by atoms with Gasteiger partial charge in [0.1, 0.15) is 0 Å². The molecule has 0 spiro atoms. The average molecular weight is 430 g/mol. The second-order valence-electron chi connectivity index (χ2n) is 8.10. The first-order chi connectivity index (χ1) is 14.6. The van der Waals surface area contributed by atoms with E-state index in [9.17, 15) is 4.57 Å². The first-order valence-electron chi connectivity index (χ1n) is 11.0. The first kappa shape index (κ1) is 21.7. The Morgan fingerprint density at radius 1 is 1.30 bits per heavy atom. The number of nitrogens with one attached hydrogen (secondary N) is 1. The van der Waals surface area contributed by atoms with E-state index in [0.29, 0.717) is 25.0 Å². The summed E-state index contributed by atoms with van der Waals surface area (Å²) in [5.41, 5.74) is 2.03. The molecule has 5 rings (SSSR count). The van der Waals surface area contributed by atoms with Crippen molar-refractivity contribution in [2.45, 2.75) is 38.8 Å². The minimum absolute atomic E-state index is 0.185. The number of benzene rings is 1. The lowest BCUT2D eigenvalue weighted by atomic mass is 9.73. The molecule has 3 saturated heterocycles. The Morgan fingerprint density at radius 2 is 2.07 bits per heavy atom. The normalized spacial score (nSPS) is 27.3. The molecule has 5 atom stereocenters. The van der Waals surface area contributed by atoms with Crippen LogP contribution >= 0.6 is 7.75 Å². The van der Waals surface area contributed by atoms with Gasteiger partial charge in [-0.05, 0) is 62.8 Å². The smallest absolute Gasteiger partial charge is 0.298 e. The molecular weight excluding hydrogens is 397 g/mol. The molecule has 3 aliphatic rings. The van der Waals surface area contributed by atoms with Gasteiger partial charge in [0.25, 0.3) is 0 Å². The minimum Gasteiger partial charge on any atom is -0.298 e. The number of fused-ring (bicyclic) bond motifs is 4. The van der Waals surface area contributed by atoms with Crippen molar-refractivity contribution >= 4 is 18.6 Å². The summed E-state index contributed by atoms with van der Waals surface area (Å²) in [6, 6.07) is 10.2. The molecule has 2 bridgehead atoms. The SMILES string of the molecule is C=CC1CN2CCC1CC2[C@@H](NP(=O)(OCC)OCC)c1ccnc2ccccc12. The van der Waals surface area contributed by atoms with Gasteiger partial charge in [-0.1, -0.05) is 24.3 Å². The van der Waals surface area contributed by atoms with Gasteiger partial charge in [0.2, 0.25) is 0 Å². The fraction of sp³-hybridized carbons (Fsp3) is 0.522. The van der Waals surface area contributed by atoms with Crippen molar-refractivity contribution in [2.24, 2.45) is 11.8 Å². The van der Waals surface area contributed by atoms with E-state index in [1.165, 1.54) is 6.42 Å². The fourth-order valence-electron chi connectivity index (χ4n) is 5.10. The van der Waals surface area contributed by atoms with Crippen molar-refractivity contribution in [2.75, 3.05) is 26.3 Å². The van der Waals surface area contributed by atoms with Crippen LogP contribution in [0.4, 0.5) is 0 Å². The van der Waals surface area contributed by atoms with Crippen LogP contribution in [0.1, 0.15) is 38.3 Å². The lowest BCUT2D eigenvalue weighted by Gasteiger charge is -2.52. The first-order valence-corrected chi connectivity index (χ1v) is 12.5. The van der Waals surface area contributed by atoms with Gasteiger partial charge in [0.15, 0.2) is 0 Å². The molecule has 0 amide bonds. The van der Waals surface area contributed by atoms with Gasteiger partial charge in [0.05, 0.1) is 24.8 Å². The Bertz CT molecular complexity index is 922. The van der Waals surface area contributed by atoms with Crippen LogP contribution in [0.15, 0.2) is 49.2 Å². The van der Waals surface area contributed by atoms with Crippen LogP contribution in [0, 0.1) is 11.8 Å². The molecule has 6 nitrogen and oxygen atoms in total. The summed E-state index contributed by atoms with van der Waals surface area (Å²) in [6.45, 7) is 10.4. The van der Waals surface area contributed by atoms with E-state index in [1.807, 2.05) is 44.3 Å². The maximum absolute atomic E-state index is 13.5. The summed E-state index contributed by atoms with van der Waals surface area (Å²) in [5, 5.41) is 4.41. The minimum atomic E-state index is -3.45. The Balaban J connectivity index is 1.76. The standard InChI is InChI=1S/C23H32N3O3P/c1-4-17-16-26-14-12-18(17)15-22(26)23(25-30(27,28-5-2)29-6-3)20-11-13-24-21-10-8-7-9-19(20)21/h4,7-11,13,17-18,22-23H,1,5-6,12,14-16H2,2-3H3,(H,25,27)/t17?,18?,22?,23-/m0/s1. The number of para-hydroxylation sites is 1. The largest absolute Gasteiger partial charge is 0.406 e. The lowest BCUT2D eigenvalue weighted by Crippen LogP contribution is -2.56. The molecule has 30 heavy (non-hydrogen) atoms. The Labute approximate surface area is 179 Å². The van der Waals surface area contributed by atoms with Crippen LogP contribution < -0.4 is 5.09 Å². The van der Waals surface area contributed by atoms with Crippen molar-refractivity contribution in [1.82, 2.24) is 15.0 Å². The molecule has 1 N–H and O–H groups in total. The molecule has 162 valence electrons. The van der Waals surface area contributed by atoms with E-state index in [4.69, 9.17) is 9.05 Å². The second-order valence-corrected chi connectivity index (χ2v) is 9.87. The highest BCUT2D eigenvalue weighted by molar-refractivity contribution is 7.51. The van der Waals surface area contributed by atoms with Crippen molar-refractivity contribution in [3.8, 4) is 0 Å². The highest BCUT2D eigenvalue weighted by Gasteiger charge is 2.45. The monoisotopic (exact) mass is 429 g/mol. The number of piperidine rings is 3. The molecule has 1 aromatic carbocycles. The van der Waals surface area contributed by atoms with Gasteiger partial charge in [-0.3, -0.25) is 18.9 Å². The third-order valence-corrected chi connectivity index (χ3v) is 8.24. The van der Waals surface area contributed by atoms with Gasteiger partial charge in [-0.25, -0.2) is 9.65 Å². The van der Waals surface area contributed by atoms with E-state index in [1.54, 1.807) is 0 Å². The van der Waals surface area contributed by atoms with Crippen molar-refractivity contribution in [1.29, 1.82) is 0 Å². The van der Waals surface area contributed by atoms with E-state index < -0.39 is 7.75 Å². The molecule has 3 fully saturated rings. The topological polar surface area (TPSA) is 63.7 Å². The zero-order chi connectivity index (χ0) is 21.1. The van der Waals surface area contributed by atoms with Gasteiger partial charge >= 0.3 is 7.75 Å². The number of aromatic nitrogens is 1. The van der Waals surface area contributed by atoms with Crippen LogP contribution in [-0.2, 0) is 13.6 Å². The average Bonchev–Trinajstić information content (AvgIpc) is 2.78. The predicted octanol–water partition coefficient (Wildman–Crippen LogP) is 4.94. The molecule has 0 aliphatic carbocycles. The lowest BCUT2D eigenvalue weighted by molar-refractivity contribution is 0.00315. The zero-order valence-electron chi connectivity index (χ0n) is 17.9. The van der Waals surface area contributed by atoms with Crippen LogP contribution in [0.2, 0.25) is 0 Å². The number of pyridine rings is 1. The maximum atomic E-state index is 13.5. The molecule has 7 heteroatoms. The number of hydrogen-bond donors (Lipinski definition) is 1. The molecule has 1 aromatic heterocycles. The van der Waals surface area contributed by atoms with Crippen LogP contribution in [0.25, 0.3) is 10.9 Å². The van der Waals surface area contributed by atoms with Crippen molar-refractivity contribution in [3.05, 3.63) is 54.7 Å².